The lowest BCUT2D eigenvalue weighted by molar-refractivity contribution is 0.165. The van der Waals surface area contributed by atoms with Crippen molar-refractivity contribution in [3.8, 4) is 0 Å². The molecule has 23 heavy (non-hydrogen) atoms. The molecule has 0 fully saturated rings. The van der Waals surface area contributed by atoms with E-state index in [4.69, 9.17) is 0 Å². The molecule has 4 heteroatoms. The van der Waals surface area contributed by atoms with Crippen LogP contribution in [-0.2, 0) is 6.54 Å². The van der Waals surface area contributed by atoms with Crippen LogP contribution < -0.4 is 5.32 Å². The molecule has 1 aliphatic heterocycles. The van der Waals surface area contributed by atoms with Crippen LogP contribution in [0, 0.1) is 20.8 Å². The highest BCUT2D eigenvalue weighted by molar-refractivity contribution is 5.89. The number of carbonyl (C=O) groups excluding carboxylic acids is 1. The van der Waals surface area contributed by atoms with E-state index in [2.05, 4.69) is 49.7 Å². The van der Waals surface area contributed by atoms with Crippen molar-refractivity contribution in [1.82, 2.24) is 9.47 Å². The van der Waals surface area contributed by atoms with Crippen molar-refractivity contribution >= 4 is 11.7 Å². The molecule has 4 nitrogen and oxygen atoms in total. The Morgan fingerprint density at radius 1 is 1.13 bits per heavy atom. The lowest BCUT2D eigenvalue weighted by Crippen LogP contribution is -2.44. The second-order valence-electron chi connectivity index (χ2n) is 6.40. The third-order valence-electron chi connectivity index (χ3n) is 4.92. The highest BCUT2D eigenvalue weighted by atomic mass is 16.2. The van der Waals surface area contributed by atoms with Gasteiger partial charge in [-0.25, -0.2) is 4.79 Å². The minimum absolute atomic E-state index is 0.00907. The molecule has 2 aromatic rings. The number of fused-ring (bicyclic) bond motifs is 1. The summed E-state index contributed by atoms with van der Waals surface area (Å²) in [6, 6.07) is 10.5. The predicted octanol–water partition coefficient (Wildman–Crippen LogP) is 4.41. The first kappa shape index (κ1) is 15.7. The summed E-state index contributed by atoms with van der Waals surface area (Å²) < 4.78 is 2.33. The van der Waals surface area contributed by atoms with Gasteiger partial charge in [-0.05, 0) is 62.6 Å². The minimum Gasteiger partial charge on any atom is -0.345 e. The standard InChI is InChI=1S/C19H25N3O/c1-5-17-18-9-7-15(4)21(18)10-11-22(17)19(23)20-16-8-6-13(2)14(3)12-16/h6-9,12,17H,5,10-11H2,1-4H3,(H,20,23). The van der Waals surface area contributed by atoms with Crippen molar-refractivity contribution in [3.05, 3.63) is 52.8 Å². The Balaban J connectivity index is 1.80. The van der Waals surface area contributed by atoms with E-state index >= 15 is 0 Å². The van der Waals surface area contributed by atoms with E-state index in [-0.39, 0.29) is 12.1 Å². The van der Waals surface area contributed by atoms with Crippen LogP contribution in [-0.4, -0.2) is 22.0 Å². The Hall–Kier alpha value is -2.23. The van der Waals surface area contributed by atoms with Gasteiger partial charge in [-0.15, -0.1) is 0 Å². The summed E-state index contributed by atoms with van der Waals surface area (Å²) in [7, 11) is 0. The molecule has 1 unspecified atom stereocenters. The van der Waals surface area contributed by atoms with E-state index in [0.717, 1.165) is 25.2 Å². The summed E-state index contributed by atoms with van der Waals surface area (Å²) in [6.45, 7) is 10.0. The van der Waals surface area contributed by atoms with Gasteiger partial charge in [-0.1, -0.05) is 13.0 Å². The number of aromatic nitrogens is 1. The molecule has 0 saturated carbocycles. The fraction of sp³-hybridized carbons (Fsp3) is 0.421. The summed E-state index contributed by atoms with van der Waals surface area (Å²) in [5, 5.41) is 3.06. The summed E-state index contributed by atoms with van der Waals surface area (Å²) in [4.78, 5) is 14.7. The van der Waals surface area contributed by atoms with Crippen LogP contribution in [0.25, 0.3) is 0 Å². The largest absolute Gasteiger partial charge is 0.345 e. The lowest BCUT2D eigenvalue weighted by atomic mass is 10.1. The average molecular weight is 311 g/mol. The van der Waals surface area contributed by atoms with Gasteiger partial charge in [0.1, 0.15) is 0 Å². The zero-order valence-electron chi connectivity index (χ0n) is 14.4. The van der Waals surface area contributed by atoms with Crippen molar-refractivity contribution < 1.29 is 4.79 Å². The Morgan fingerprint density at radius 2 is 1.91 bits per heavy atom. The van der Waals surface area contributed by atoms with E-state index in [1.54, 1.807) is 0 Å². The van der Waals surface area contributed by atoms with Gasteiger partial charge in [-0.2, -0.15) is 0 Å². The van der Waals surface area contributed by atoms with Gasteiger partial charge in [0.25, 0.3) is 0 Å². The molecular weight excluding hydrogens is 286 g/mol. The van der Waals surface area contributed by atoms with Crippen LogP contribution in [0.3, 0.4) is 0 Å². The molecule has 3 rings (SSSR count). The highest BCUT2D eigenvalue weighted by Gasteiger charge is 2.30. The first-order valence-corrected chi connectivity index (χ1v) is 8.32. The number of anilines is 1. The van der Waals surface area contributed by atoms with Gasteiger partial charge in [0.2, 0.25) is 0 Å². The number of nitrogens with one attached hydrogen (secondary N) is 1. The molecule has 2 heterocycles. The van der Waals surface area contributed by atoms with E-state index in [1.807, 2.05) is 23.1 Å². The van der Waals surface area contributed by atoms with E-state index in [1.165, 1.54) is 22.5 Å². The number of nitrogens with zero attached hydrogens (tertiary/aromatic N) is 2. The van der Waals surface area contributed by atoms with Crippen molar-refractivity contribution in [2.45, 2.75) is 46.7 Å². The van der Waals surface area contributed by atoms with Gasteiger partial charge < -0.3 is 14.8 Å². The fourth-order valence-electron chi connectivity index (χ4n) is 3.40. The summed E-state index contributed by atoms with van der Waals surface area (Å²) in [5.41, 5.74) is 5.81. The Labute approximate surface area is 138 Å². The molecule has 0 spiro atoms. The third-order valence-corrected chi connectivity index (χ3v) is 4.92. The zero-order chi connectivity index (χ0) is 16.6. The quantitative estimate of drug-likeness (QED) is 0.876. The predicted molar refractivity (Wildman–Crippen MR) is 93.8 cm³/mol. The zero-order valence-corrected chi connectivity index (χ0v) is 14.4. The highest BCUT2D eigenvalue weighted by Crippen LogP contribution is 2.30. The average Bonchev–Trinajstić information content (AvgIpc) is 2.91. The van der Waals surface area contributed by atoms with Gasteiger partial charge in [0, 0.05) is 30.2 Å². The fourth-order valence-corrected chi connectivity index (χ4v) is 3.40. The van der Waals surface area contributed by atoms with Crippen LogP contribution >= 0.6 is 0 Å². The number of aryl methyl sites for hydroxylation is 3. The maximum absolute atomic E-state index is 12.8. The SMILES string of the molecule is CCC1c2ccc(C)n2CCN1C(=O)Nc1ccc(C)c(C)c1. The molecule has 0 bridgehead atoms. The molecule has 2 amide bonds. The minimum atomic E-state index is -0.00907. The molecule has 0 aliphatic carbocycles. The van der Waals surface area contributed by atoms with Gasteiger partial charge >= 0.3 is 6.03 Å². The number of benzene rings is 1. The maximum Gasteiger partial charge on any atom is 0.322 e. The summed E-state index contributed by atoms with van der Waals surface area (Å²) >= 11 is 0. The first-order chi connectivity index (χ1) is 11.0. The monoisotopic (exact) mass is 311 g/mol. The number of amides is 2. The van der Waals surface area contributed by atoms with Crippen molar-refractivity contribution in [2.24, 2.45) is 0 Å². The molecule has 1 N–H and O–H groups in total. The van der Waals surface area contributed by atoms with Crippen molar-refractivity contribution in [2.75, 3.05) is 11.9 Å². The molecule has 0 radical (unpaired) electrons. The molecule has 1 aliphatic rings. The smallest absolute Gasteiger partial charge is 0.322 e. The summed E-state index contributed by atoms with van der Waals surface area (Å²) in [6.07, 6.45) is 0.920. The second-order valence-corrected chi connectivity index (χ2v) is 6.40. The third kappa shape index (κ3) is 2.85. The van der Waals surface area contributed by atoms with Gasteiger partial charge in [0.15, 0.2) is 0 Å². The van der Waals surface area contributed by atoms with Gasteiger partial charge in [0.05, 0.1) is 6.04 Å². The molecule has 0 saturated heterocycles. The van der Waals surface area contributed by atoms with Crippen LogP contribution in [0.15, 0.2) is 30.3 Å². The first-order valence-electron chi connectivity index (χ1n) is 8.32. The molecule has 1 aromatic heterocycles. The Kier molecular flexibility index (Phi) is 4.16. The van der Waals surface area contributed by atoms with Gasteiger partial charge in [-0.3, -0.25) is 0 Å². The molecular formula is C19H25N3O. The van der Waals surface area contributed by atoms with Crippen molar-refractivity contribution in [3.63, 3.8) is 0 Å². The number of hydrogen-bond donors (Lipinski definition) is 1. The molecule has 1 atom stereocenters. The number of hydrogen-bond acceptors (Lipinski definition) is 1. The summed E-state index contributed by atoms with van der Waals surface area (Å²) in [5.74, 6) is 0. The Morgan fingerprint density at radius 3 is 2.61 bits per heavy atom. The Bertz CT molecular complexity index is 732. The van der Waals surface area contributed by atoms with Crippen molar-refractivity contribution in [1.29, 1.82) is 0 Å². The van der Waals surface area contributed by atoms with Crippen LogP contribution in [0.5, 0.6) is 0 Å². The maximum atomic E-state index is 12.8. The normalized spacial score (nSPS) is 17.0. The number of carbonyl (C=O) groups is 1. The topological polar surface area (TPSA) is 37.3 Å². The van der Waals surface area contributed by atoms with Crippen LogP contribution in [0.2, 0.25) is 0 Å². The van der Waals surface area contributed by atoms with E-state index in [0.29, 0.717) is 0 Å². The lowest BCUT2D eigenvalue weighted by Gasteiger charge is -2.37. The number of rotatable bonds is 2. The second kappa shape index (κ2) is 6.11. The molecule has 1 aromatic carbocycles. The molecule has 122 valence electrons. The van der Waals surface area contributed by atoms with Crippen LogP contribution in [0.1, 0.15) is 41.9 Å². The number of urea groups is 1. The van der Waals surface area contributed by atoms with E-state index < -0.39 is 0 Å². The van der Waals surface area contributed by atoms with Crippen LogP contribution in [0.4, 0.5) is 10.5 Å². The van der Waals surface area contributed by atoms with E-state index in [9.17, 15) is 4.79 Å².